The molecule has 3 nitrogen and oxygen atoms in total. The molecule has 0 amide bonds. The quantitative estimate of drug-likeness (QED) is 0.595. The van der Waals surface area contributed by atoms with E-state index in [1.807, 2.05) is 18.2 Å². The number of hydrogen-bond donors (Lipinski definition) is 0. The van der Waals surface area contributed by atoms with E-state index in [1.165, 1.54) is 32.1 Å². The largest absolute Gasteiger partial charge is 0.372 e. The Hall–Kier alpha value is -2.07. The van der Waals surface area contributed by atoms with Crippen molar-refractivity contribution in [3.8, 4) is 17.9 Å². The van der Waals surface area contributed by atoms with Crippen molar-refractivity contribution in [2.24, 2.45) is 11.8 Å². The van der Waals surface area contributed by atoms with E-state index in [-0.39, 0.29) is 12.2 Å². The Kier molecular flexibility index (Phi) is 6.89. The summed E-state index contributed by atoms with van der Waals surface area (Å²) in [6.07, 6.45) is 9.62. The fraction of sp³-hybridized carbons (Fsp3) is 0.522. The minimum Gasteiger partial charge on any atom is -0.372 e. The SMILES string of the molecule is C=CCC[C@H]1CC[C@H]([C@@H]2CO[C@@H](C#Cc3ccc(C#N)cc3)CO2)CC1. The second-order valence-electron chi connectivity index (χ2n) is 7.30. The maximum absolute atomic E-state index is 8.82. The first-order valence-corrected chi connectivity index (χ1v) is 9.64. The summed E-state index contributed by atoms with van der Waals surface area (Å²) in [7, 11) is 0. The van der Waals surface area contributed by atoms with E-state index in [0.29, 0.717) is 24.7 Å². The third kappa shape index (κ3) is 5.21. The number of ether oxygens (including phenoxy) is 2. The summed E-state index contributed by atoms with van der Waals surface area (Å²) in [5.41, 5.74) is 1.54. The number of nitriles is 1. The number of benzene rings is 1. The zero-order valence-electron chi connectivity index (χ0n) is 15.3. The van der Waals surface area contributed by atoms with Crippen LogP contribution in [0.15, 0.2) is 36.9 Å². The van der Waals surface area contributed by atoms with Crippen molar-refractivity contribution in [1.29, 1.82) is 5.26 Å². The summed E-state index contributed by atoms with van der Waals surface area (Å²) >= 11 is 0. The van der Waals surface area contributed by atoms with Crippen LogP contribution < -0.4 is 0 Å². The van der Waals surface area contributed by atoms with Crippen molar-refractivity contribution in [2.75, 3.05) is 13.2 Å². The molecule has 0 bridgehead atoms. The summed E-state index contributed by atoms with van der Waals surface area (Å²) in [4.78, 5) is 0. The van der Waals surface area contributed by atoms with Crippen molar-refractivity contribution >= 4 is 0 Å². The van der Waals surface area contributed by atoms with Crippen LogP contribution in [0.5, 0.6) is 0 Å². The van der Waals surface area contributed by atoms with Crippen molar-refractivity contribution in [3.63, 3.8) is 0 Å². The van der Waals surface area contributed by atoms with Crippen molar-refractivity contribution in [3.05, 3.63) is 48.0 Å². The van der Waals surface area contributed by atoms with Gasteiger partial charge in [0.15, 0.2) is 0 Å². The molecule has 1 aromatic rings. The molecule has 0 radical (unpaired) electrons. The Bertz CT molecular complexity index is 676. The summed E-state index contributed by atoms with van der Waals surface area (Å²) in [6.45, 7) is 5.02. The second-order valence-corrected chi connectivity index (χ2v) is 7.30. The van der Waals surface area contributed by atoms with Crippen LogP contribution in [-0.4, -0.2) is 25.4 Å². The number of rotatable bonds is 4. The van der Waals surface area contributed by atoms with Crippen LogP contribution in [0.3, 0.4) is 0 Å². The van der Waals surface area contributed by atoms with Crippen LogP contribution in [0.2, 0.25) is 0 Å². The molecule has 2 atom stereocenters. The van der Waals surface area contributed by atoms with E-state index >= 15 is 0 Å². The normalized spacial score (nSPS) is 28.4. The third-order valence-electron chi connectivity index (χ3n) is 5.51. The zero-order chi connectivity index (χ0) is 18.2. The lowest BCUT2D eigenvalue weighted by molar-refractivity contribution is -0.138. The van der Waals surface area contributed by atoms with Crippen molar-refractivity contribution in [1.82, 2.24) is 0 Å². The van der Waals surface area contributed by atoms with Crippen LogP contribution in [0.4, 0.5) is 0 Å². The lowest BCUT2D eigenvalue weighted by Crippen LogP contribution is -2.40. The van der Waals surface area contributed by atoms with Gasteiger partial charge in [-0.25, -0.2) is 0 Å². The van der Waals surface area contributed by atoms with Crippen LogP contribution in [-0.2, 0) is 9.47 Å². The highest BCUT2D eigenvalue weighted by atomic mass is 16.6. The first kappa shape index (κ1) is 18.7. The predicted molar refractivity (Wildman–Crippen MR) is 102 cm³/mol. The molecule has 1 saturated carbocycles. The molecular formula is C23H27NO2. The van der Waals surface area contributed by atoms with Gasteiger partial charge in [0.2, 0.25) is 0 Å². The average Bonchev–Trinajstić information content (AvgIpc) is 2.72. The van der Waals surface area contributed by atoms with Gasteiger partial charge in [-0.15, -0.1) is 6.58 Å². The van der Waals surface area contributed by atoms with E-state index < -0.39 is 0 Å². The predicted octanol–water partition coefficient (Wildman–Crippen LogP) is 4.47. The minimum atomic E-state index is -0.161. The maximum atomic E-state index is 8.82. The highest BCUT2D eigenvalue weighted by Gasteiger charge is 2.31. The van der Waals surface area contributed by atoms with Gasteiger partial charge in [-0.2, -0.15) is 5.26 Å². The summed E-state index contributed by atoms with van der Waals surface area (Å²) in [5, 5.41) is 8.82. The number of hydrogen-bond acceptors (Lipinski definition) is 3. The fourth-order valence-electron chi connectivity index (χ4n) is 3.87. The molecule has 0 N–H and O–H groups in total. The van der Waals surface area contributed by atoms with E-state index in [9.17, 15) is 0 Å². The lowest BCUT2D eigenvalue weighted by atomic mass is 9.77. The Morgan fingerprint density at radius 1 is 1.04 bits per heavy atom. The van der Waals surface area contributed by atoms with Gasteiger partial charge in [-0.05, 0) is 61.8 Å². The van der Waals surface area contributed by atoms with Gasteiger partial charge in [0.1, 0.15) is 6.10 Å². The van der Waals surface area contributed by atoms with E-state index in [2.05, 4.69) is 24.5 Å². The molecule has 1 saturated heterocycles. The number of allylic oxidation sites excluding steroid dienone is 1. The first-order chi connectivity index (χ1) is 12.8. The van der Waals surface area contributed by atoms with Gasteiger partial charge in [0.25, 0.3) is 0 Å². The average molecular weight is 349 g/mol. The Morgan fingerprint density at radius 2 is 1.77 bits per heavy atom. The maximum Gasteiger partial charge on any atom is 0.141 e. The van der Waals surface area contributed by atoms with Gasteiger partial charge in [-0.1, -0.05) is 30.8 Å². The van der Waals surface area contributed by atoms with Crippen LogP contribution in [0.25, 0.3) is 0 Å². The van der Waals surface area contributed by atoms with Crippen molar-refractivity contribution < 1.29 is 9.47 Å². The summed E-state index contributed by atoms with van der Waals surface area (Å²) in [5.74, 6) is 7.74. The van der Waals surface area contributed by atoms with Gasteiger partial charge in [0, 0.05) is 5.56 Å². The molecule has 0 aromatic heterocycles. The molecule has 2 aliphatic rings. The molecule has 3 rings (SSSR count). The Labute approximate surface area is 157 Å². The van der Waals surface area contributed by atoms with Crippen LogP contribution in [0.1, 0.15) is 49.7 Å². The highest BCUT2D eigenvalue weighted by molar-refractivity contribution is 5.40. The molecular weight excluding hydrogens is 322 g/mol. The first-order valence-electron chi connectivity index (χ1n) is 9.64. The van der Waals surface area contributed by atoms with Crippen LogP contribution >= 0.6 is 0 Å². The molecule has 1 aliphatic heterocycles. The van der Waals surface area contributed by atoms with E-state index in [0.717, 1.165) is 17.9 Å². The molecule has 1 aliphatic carbocycles. The van der Waals surface area contributed by atoms with Gasteiger partial charge in [0.05, 0.1) is 31.0 Å². The molecule has 0 unspecified atom stereocenters. The Balaban J connectivity index is 1.43. The minimum absolute atomic E-state index is 0.161. The lowest BCUT2D eigenvalue weighted by Gasteiger charge is -2.36. The third-order valence-corrected chi connectivity index (χ3v) is 5.51. The summed E-state index contributed by atoms with van der Waals surface area (Å²) in [6, 6.07) is 9.40. The van der Waals surface area contributed by atoms with Gasteiger partial charge < -0.3 is 9.47 Å². The van der Waals surface area contributed by atoms with Crippen molar-refractivity contribution in [2.45, 2.75) is 50.7 Å². The topological polar surface area (TPSA) is 42.2 Å². The molecule has 136 valence electrons. The molecule has 2 fully saturated rings. The standard InChI is InChI=1S/C23H27NO2/c1-2-3-4-18-9-12-21(13-10-18)23-17-25-22(16-26-23)14-11-19-5-7-20(15-24)8-6-19/h2,5-8,18,21-23H,1,3-4,9-10,12-13,16-17H2/t18-,21-,22-,23-/m0/s1. The summed E-state index contributed by atoms with van der Waals surface area (Å²) < 4.78 is 12.0. The van der Waals surface area contributed by atoms with E-state index in [1.54, 1.807) is 12.1 Å². The fourth-order valence-corrected chi connectivity index (χ4v) is 3.87. The molecule has 1 aromatic carbocycles. The number of nitrogens with zero attached hydrogens (tertiary/aromatic N) is 1. The van der Waals surface area contributed by atoms with Crippen LogP contribution in [0, 0.1) is 35.0 Å². The zero-order valence-corrected chi connectivity index (χ0v) is 15.3. The molecule has 3 heteroatoms. The second kappa shape index (κ2) is 9.58. The molecule has 1 heterocycles. The highest BCUT2D eigenvalue weighted by Crippen LogP contribution is 2.35. The smallest absolute Gasteiger partial charge is 0.141 e. The molecule has 26 heavy (non-hydrogen) atoms. The van der Waals surface area contributed by atoms with Gasteiger partial charge >= 0.3 is 0 Å². The van der Waals surface area contributed by atoms with Gasteiger partial charge in [-0.3, -0.25) is 0 Å². The Morgan fingerprint density at radius 3 is 2.38 bits per heavy atom. The van der Waals surface area contributed by atoms with E-state index in [4.69, 9.17) is 14.7 Å². The monoisotopic (exact) mass is 349 g/mol. The molecule has 0 spiro atoms.